The molecule has 0 atom stereocenters. The molecule has 9 heteroatoms. The first-order chi connectivity index (χ1) is 11.9. The molecule has 1 amide bonds. The van der Waals surface area contributed by atoms with Crippen LogP contribution < -0.4 is 10.1 Å². The van der Waals surface area contributed by atoms with Gasteiger partial charge in [-0.05, 0) is 23.8 Å². The molecule has 0 saturated carbocycles. The van der Waals surface area contributed by atoms with Crippen molar-refractivity contribution >= 4 is 16.8 Å². The molecule has 0 radical (unpaired) electrons. The Bertz CT molecular complexity index is 921. The number of pyridine rings is 1. The molecule has 1 N–H and O–H groups in total. The van der Waals surface area contributed by atoms with E-state index in [0.29, 0.717) is 16.5 Å². The molecule has 25 heavy (non-hydrogen) atoms. The number of ether oxygens (including phenoxy) is 1. The average molecular weight is 350 g/mol. The SMILES string of the molecule is CNC(=O)c1nccc2nn(Cc3cccc(OC(F)(F)F)c3)cc12. The summed E-state index contributed by atoms with van der Waals surface area (Å²) < 4.78 is 42.4. The Balaban J connectivity index is 1.89. The first kappa shape index (κ1) is 16.7. The fourth-order valence-corrected chi connectivity index (χ4v) is 2.40. The van der Waals surface area contributed by atoms with Crippen LogP contribution in [0.3, 0.4) is 0 Å². The molecule has 0 aliphatic carbocycles. The summed E-state index contributed by atoms with van der Waals surface area (Å²) in [4.78, 5) is 15.9. The van der Waals surface area contributed by atoms with E-state index in [1.54, 1.807) is 18.3 Å². The first-order valence-corrected chi connectivity index (χ1v) is 7.24. The molecule has 2 aromatic heterocycles. The molecule has 0 bridgehead atoms. The third-order valence-corrected chi connectivity index (χ3v) is 3.40. The van der Waals surface area contributed by atoms with Crippen LogP contribution in [0.1, 0.15) is 16.1 Å². The lowest BCUT2D eigenvalue weighted by atomic mass is 10.2. The second kappa shape index (κ2) is 6.42. The Morgan fingerprint density at radius 1 is 1.32 bits per heavy atom. The first-order valence-electron chi connectivity index (χ1n) is 7.24. The van der Waals surface area contributed by atoms with Crippen molar-refractivity contribution in [3.05, 3.63) is 54.0 Å². The molecule has 0 aliphatic rings. The van der Waals surface area contributed by atoms with E-state index in [0.717, 1.165) is 0 Å². The molecule has 0 saturated heterocycles. The van der Waals surface area contributed by atoms with E-state index in [1.807, 2.05) is 0 Å². The number of aromatic nitrogens is 3. The maximum atomic E-state index is 12.3. The van der Waals surface area contributed by atoms with Crippen LogP contribution in [0.15, 0.2) is 42.7 Å². The van der Waals surface area contributed by atoms with E-state index < -0.39 is 6.36 Å². The van der Waals surface area contributed by atoms with E-state index in [4.69, 9.17) is 0 Å². The number of alkyl halides is 3. The average Bonchev–Trinajstić information content (AvgIpc) is 2.95. The number of benzene rings is 1. The Morgan fingerprint density at radius 3 is 2.84 bits per heavy atom. The van der Waals surface area contributed by atoms with Gasteiger partial charge in [-0.1, -0.05) is 12.1 Å². The van der Waals surface area contributed by atoms with Crippen molar-refractivity contribution in [2.24, 2.45) is 0 Å². The van der Waals surface area contributed by atoms with Crippen molar-refractivity contribution < 1.29 is 22.7 Å². The fourth-order valence-electron chi connectivity index (χ4n) is 2.40. The summed E-state index contributed by atoms with van der Waals surface area (Å²) in [6.45, 7) is 0.219. The molecule has 130 valence electrons. The highest BCUT2D eigenvalue weighted by atomic mass is 19.4. The second-order valence-electron chi connectivity index (χ2n) is 5.19. The Kier molecular flexibility index (Phi) is 4.30. The molecule has 0 spiro atoms. The molecular weight excluding hydrogens is 337 g/mol. The number of halogens is 3. The summed E-state index contributed by atoms with van der Waals surface area (Å²) in [6.07, 6.45) is -1.64. The topological polar surface area (TPSA) is 69.0 Å². The Hall–Kier alpha value is -3.10. The maximum Gasteiger partial charge on any atom is 0.573 e. The molecule has 2 heterocycles. The molecule has 0 aliphatic heterocycles. The molecule has 0 unspecified atom stereocenters. The normalized spacial score (nSPS) is 11.5. The van der Waals surface area contributed by atoms with Crippen molar-refractivity contribution in [3.63, 3.8) is 0 Å². The standard InChI is InChI=1S/C16H13F3N4O2/c1-20-15(24)14-12-9-23(22-13(12)5-6-21-14)8-10-3-2-4-11(7-10)25-16(17,18)19/h2-7,9H,8H2,1H3,(H,20,24). The molecule has 0 fully saturated rings. The summed E-state index contributed by atoms with van der Waals surface area (Å²) in [5.41, 5.74) is 1.38. The van der Waals surface area contributed by atoms with Gasteiger partial charge < -0.3 is 10.1 Å². The molecular formula is C16H13F3N4O2. The van der Waals surface area contributed by atoms with Crippen LogP contribution in [0.5, 0.6) is 5.75 Å². The van der Waals surface area contributed by atoms with Crippen molar-refractivity contribution in [2.75, 3.05) is 7.05 Å². The lowest BCUT2D eigenvalue weighted by Crippen LogP contribution is -2.19. The van der Waals surface area contributed by atoms with Crippen LogP contribution in [-0.4, -0.2) is 34.1 Å². The molecule has 1 aromatic carbocycles. The third kappa shape index (κ3) is 3.87. The van der Waals surface area contributed by atoms with Crippen LogP contribution in [-0.2, 0) is 6.54 Å². The van der Waals surface area contributed by atoms with Crippen LogP contribution in [0.2, 0.25) is 0 Å². The Labute approximate surface area is 140 Å². The number of rotatable bonds is 4. The number of hydrogen-bond donors (Lipinski definition) is 1. The van der Waals surface area contributed by atoms with Crippen molar-refractivity contribution in [3.8, 4) is 5.75 Å². The van der Waals surface area contributed by atoms with Gasteiger partial charge in [-0.15, -0.1) is 13.2 Å². The minimum atomic E-state index is -4.74. The summed E-state index contributed by atoms with van der Waals surface area (Å²) in [5, 5.41) is 7.38. The van der Waals surface area contributed by atoms with Gasteiger partial charge in [-0.3, -0.25) is 14.5 Å². The van der Waals surface area contributed by atoms with Crippen LogP contribution in [0.25, 0.3) is 10.9 Å². The number of carbonyl (C=O) groups is 1. The lowest BCUT2D eigenvalue weighted by Gasteiger charge is -2.10. The van der Waals surface area contributed by atoms with Crippen LogP contribution in [0, 0.1) is 0 Å². The fraction of sp³-hybridized carbons (Fsp3) is 0.188. The zero-order valence-corrected chi connectivity index (χ0v) is 13.0. The van der Waals surface area contributed by atoms with E-state index >= 15 is 0 Å². The van der Waals surface area contributed by atoms with E-state index in [9.17, 15) is 18.0 Å². The third-order valence-electron chi connectivity index (χ3n) is 3.40. The van der Waals surface area contributed by atoms with Crippen molar-refractivity contribution in [2.45, 2.75) is 12.9 Å². The predicted molar refractivity (Wildman–Crippen MR) is 83.1 cm³/mol. The minimum absolute atomic E-state index is 0.219. The zero-order valence-electron chi connectivity index (χ0n) is 13.0. The van der Waals surface area contributed by atoms with Gasteiger partial charge in [0.2, 0.25) is 0 Å². The molecule has 3 aromatic rings. The van der Waals surface area contributed by atoms with Gasteiger partial charge in [-0.2, -0.15) is 5.10 Å². The van der Waals surface area contributed by atoms with Gasteiger partial charge in [0.05, 0.1) is 17.4 Å². The quantitative estimate of drug-likeness (QED) is 0.786. The van der Waals surface area contributed by atoms with E-state index in [1.165, 1.54) is 36.1 Å². The number of nitrogens with one attached hydrogen (secondary N) is 1. The van der Waals surface area contributed by atoms with E-state index in [-0.39, 0.29) is 23.9 Å². The number of amides is 1. The van der Waals surface area contributed by atoms with Gasteiger partial charge in [0.25, 0.3) is 5.91 Å². The van der Waals surface area contributed by atoms with Gasteiger partial charge in [0.1, 0.15) is 11.4 Å². The highest BCUT2D eigenvalue weighted by molar-refractivity contribution is 6.03. The number of hydrogen-bond acceptors (Lipinski definition) is 4. The summed E-state index contributed by atoms with van der Waals surface area (Å²) >= 11 is 0. The Morgan fingerprint density at radius 2 is 2.12 bits per heavy atom. The number of fused-ring (bicyclic) bond motifs is 1. The highest BCUT2D eigenvalue weighted by Gasteiger charge is 2.31. The smallest absolute Gasteiger partial charge is 0.406 e. The largest absolute Gasteiger partial charge is 0.573 e. The second-order valence-corrected chi connectivity index (χ2v) is 5.19. The lowest BCUT2D eigenvalue weighted by molar-refractivity contribution is -0.274. The number of nitrogens with zero attached hydrogens (tertiary/aromatic N) is 3. The van der Waals surface area contributed by atoms with Gasteiger partial charge in [0.15, 0.2) is 0 Å². The predicted octanol–water partition coefficient (Wildman–Crippen LogP) is 2.74. The summed E-state index contributed by atoms with van der Waals surface area (Å²) in [5.74, 6) is -0.639. The van der Waals surface area contributed by atoms with Crippen molar-refractivity contribution in [1.29, 1.82) is 0 Å². The number of carbonyl (C=O) groups excluding carboxylic acids is 1. The van der Waals surface area contributed by atoms with Crippen molar-refractivity contribution in [1.82, 2.24) is 20.1 Å². The molecule has 3 rings (SSSR count). The maximum absolute atomic E-state index is 12.3. The van der Waals surface area contributed by atoms with E-state index in [2.05, 4.69) is 20.1 Å². The summed E-state index contributed by atoms with van der Waals surface area (Å²) in [7, 11) is 1.50. The zero-order chi connectivity index (χ0) is 18.0. The van der Waals surface area contributed by atoms with Gasteiger partial charge in [0, 0.05) is 19.4 Å². The minimum Gasteiger partial charge on any atom is -0.406 e. The van der Waals surface area contributed by atoms with Crippen LogP contribution >= 0.6 is 0 Å². The monoisotopic (exact) mass is 350 g/mol. The van der Waals surface area contributed by atoms with Gasteiger partial charge >= 0.3 is 6.36 Å². The van der Waals surface area contributed by atoms with Crippen LogP contribution in [0.4, 0.5) is 13.2 Å². The molecule has 6 nitrogen and oxygen atoms in total. The summed E-state index contributed by atoms with van der Waals surface area (Å²) in [6, 6.07) is 7.30. The van der Waals surface area contributed by atoms with Gasteiger partial charge in [-0.25, -0.2) is 0 Å². The highest BCUT2D eigenvalue weighted by Crippen LogP contribution is 2.24.